The molecule has 208 valence electrons. The Morgan fingerprint density at radius 1 is 0.872 bits per heavy atom. The van der Waals surface area contributed by atoms with Crippen LogP contribution in [0.2, 0.25) is 0 Å². The van der Waals surface area contributed by atoms with E-state index in [-0.39, 0.29) is 23.4 Å². The Bertz CT molecular complexity index is 1390. The van der Waals surface area contributed by atoms with Crippen LogP contribution >= 0.6 is 0 Å². The van der Waals surface area contributed by atoms with Crippen molar-refractivity contribution < 1.29 is 18.0 Å². The van der Waals surface area contributed by atoms with E-state index in [1.54, 1.807) is 37.3 Å². The zero-order valence-corrected chi connectivity index (χ0v) is 24.5. The lowest BCUT2D eigenvalue weighted by Gasteiger charge is -2.33. The fourth-order valence-electron chi connectivity index (χ4n) is 4.18. The Labute approximate surface area is 232 Å². The first-order valence-electron chi connectivity index (χ1n) is 13.2. The van der Waals surface area contributed by atoms with Crippen molar-refractivity contribution >= 4 is 27.5 Å². The summed E-state index contributed by atoms with van der Waals surface area (Å²) in [5.74, 6) is -0.753. The molecule has 0 aliphatic heterocycles. The number of nitrogens with one attached hydrogen (secondary N) is 1. The Morgan fingerprint density at radius 2 is 1.51 bits per heavy atom. The molecule has 8 heteroatoms. The summed E-state index contributed by atoms with van der Waals surface area (Å²) in [4.78, 5) is 28.7. The number of rotatable bonds is 11. The van der Waals surface area contributed by atoms with E-state index < -0.39 is 28.5 Å². The van der Waals surface area contributed by atoms with Crippen LogP contribution in [0, 0.1) is 20.8 Å². The van der Waals surface area contributed by atoms with Gasteiger partial charge in [0.05, 0.1) is 10.6 Å². The summed E-state index contributed by atoms with van der Waals surface area (Å²) in [5.41, 5.74) is 4.03. The molecular weight excluding hydrogens is 510 g/mol. The maximum absolute atomic E-state index is 14.0. The van der Waals surface area contributed by atoms with E-state index in [1.807, 2.05) is 65.0 Å². The molecule has 0 saturated carbocycles. The van der Waals surface area contributed by atoms with Gasteiger partial charge in [0.1, 0.15) is 12.6 Å². The summed E-state index contributed by atoms with van der Waals surface area (Å²) in [6.07, 6.45) is 0.750. The van der Waals surface area contributed by atoms with E-state index in [2.05, 4.69) is 5.32 Å². The molecule has 0 aromatic heterocycles. The first-order valence-corrected chi connectivity index (χ1v) is 14.7. The molecule has 7 nitrogen and oxygen atoms in total. The van der Waals surface area contributed by atoms with Gasteiger partial charge < -0.3 is 10.2 Å². The fourth-order valence-corrected chi connectivity index (χ4v) is 5.67. The van der Waals surface area contributed by atoms with Gasteiger partial charge in [0, 0.05) is 12.6 Å². The summed E-state index contributed by atoms with van der Waals surface area (Å²) in [6, 6.07) is 20.3. The van der Waals surface area contributed by atoms with Gasteiger partial charge in [0.15, 0.2) is 0 Å². The van der Waals surface area contributed by atoms with Gasteiger partial charge in [-0.25, -0.2) is 8.42 Å². The number of hydrogen-bond donors (Lipinski definition) is 1. The molecule has 3 aromatic rings. The average molecular weight is 550 g/mol. The van der Waals surface area contributed by atoms with E-state index in [0.717, 1.165) is 33.0 Å². The summed E-state index contributed by atoms with van der Waals surface area (Å²) >= 11 is 0. The molecule has 3 aromatic carbocycles. The highest BCUT2D eigenvalue weighted by molar-refractivity contribution is 7.92. The number of aryl methyl sites for hydroxylation is 2. The lowest BCUT2D eigenvalue weighted by molar-refractivity contribution is -0.139. The van der Waals surface area contributed by atoms with Crippen LogP contribution in [0.4, 0.5) is 5.69 Å². The smallest absolute Gasteiger partial charge is 0.264 e. The Hall–Kier alpha value is -3.65. The molecule has 0 bridgehead atoms. The molecule has 0 spiro atoms. The van der Waals surface area contributed by atoms with Crippen molar-refractivity contribution in [1.29, 1.82) is 0 Å². The standard InChI is InChI=1S/C31H39N3O4S/c1-7-24(4)32-31(36)26(6)33(20-27-18-16-22(2)17-19-27)30(35)21-34(29-15-11-12-23(3)25(29)5)39(37,38)28-13-9-8-10-14-28/h8-19,24,26H,7,20-21H2,1-6H3,(H,32,36)/t24-,26+/m1/s1. The number of hydrogen-bond acceptors (Lipinski definition) is 4. The van der Waals surface area contributed by atoms with Gasteiger partial charge in [-0.05, 0) is 75.9 Å². The van der Waals surface area contributed by atoms with Gasteiger partial charge >= 0.3 is 0 Å². The molecule has 0 saturated heterocycles. The van der Waals surface area contributed by atoms with Crippen LogP contribution in [0.1, 0.15) is 49.4 Å². The fraction of sp³-hybridized carbons (Fsp3) is 0.355. The van der Waals surface area contributed by atoms with Crippen molar-refractivity contribution in [2.24, 2.45) is 0 Å². The van der Waals surface area contributed by atoms with Crippen LogP contribution in [0.5, 0.6) is 0 Å². The van der Waals surface area contributed by atoms with E-state index in [0.29, 0.717) is 5.69 Å². The predicted octanol–water partition coefficient (Wildman–Crippen LogP) is 5.14. The quantitative estimate of drug-likeness (QED) is 0.359. The highest BCUT2D eigenvalue weighted by Gasteiger charge is 2.33. The van der Waals surface area contributed by atoms with Gasteiger partial charge in [-0.1, -0.05) is 67.1 Å². The highest BCUT2D eigenvalue weighted by atomic mass is 32.2. The third-order valence-electron chi connectivity index (χ3n) is 7.10. The number of carbonyl (C=O) groups is 2. The van der Waals surface area contributed by atoms with Crippen LogP contribution < -0.4 is 9.62 Å². The number of sulfonamides is 1. The van der Waals surface area contributed by atoms with Crippen LogP contribution in [0.25, 0.3) is 0 Å². The molecule has 39 heavy (non-hydrogen) atoms. The van der Waals surface area contributed by atoms with Gasteiger partial charge in [-0.15, -0.1) is 0 Å². The normalized spacial score (nSPS) is 12.9. The van der Waals surface area contributed by atoms with E-state index in [9.17, 15) is 18.0 Å². The maximum Gasteiger partial charge on any atom is 0.264 e. The topological polar surface area (TPSA) is 86.8 Å². The van der Waals surface area contributed by atoms with Crippen LogP contribution in [-0.4, -0.2) is 43.8 Å². The van der Waals surface area contributed by atoms with Crippen LogP contribution in [0.3, 0.4) is 0 Å². The second-order valence-electron chi connectivity index (χ2n) is 10.0. The molecule has 3 rings (SSSR count). The summed E-state index contributed by atoms with van der Waals surface area (Å²) < 4.78 is 29.0. The Balaban J connectivity index is 2.05. The van der Waals surface area contributed by atoms with E-state index >= 15 is 0 Å². The van der Waals surface area contributed by atoms with Crippen molar-refractivity contribution in [3.05, 3.63) is 95.1 Å². The average Bonchev–Trinajstić information content (AvgIpc) is 2.92. The van der Waals surface area contributed by atoms with Crippen molar-refractivity contribution in [1.82, 2.24) is 10.2 Å². The first-order chi connectivity index (χ1) is 18.4. The molecule has 0 radical (unpaired) electrons. The maximum atomic E-state index is 14.0. The number of amides is 2. The number of nitrogens with zero attached hydrogens (tertiary/aromatic N) is 2. The van der Waals surface area contributed by atoms with Gasteiger partial charge in [0.25, 0.3) is 10.0 Å². The molecular formula is C31H39N3O4S. The van der Waals surface area contributed by atoms with Crippen molar-refractivity contribution in [3.63, 3.8) is 0 Å². The molecule has 2 amide bonds. The summed E-state index contributed by atoms with van der Waals surface area (Å²) in [7, 11) is -4.08. The molecule has 0 aliphatic rings. The third-order valence-corrected chi connectivity index (χ3v) is 8.87. The van der Waals surface area contributed by atoms with Crippen molar-refractivity contribution in [3.8, 4) is 0 Å². The minimum atomic E-state index is -4.08. The monoisotopic (exact) mass is 549 g/mol. The van der Waals surface area contributed by atoms with Gasteiger partial charge in [0.2, 0.25) is 11.8 Å². The second kappa shape index (κ2) is 12.9. The number of carbonyl (C=O) groups excluding carboxylic acids is 2. The second-order valence-corrected chi connectivity index (χ2v) is 11.9. The molecule has 1 N–H and O–H groups in total. The van der Waals surface area contributed by atoms with Crippen molar-refractivity contribution in [2.75, 3.05) is 10.8 Å². The molecule has 0 unspecified atom stereocenters. The largest absolute Gasteiger partial charge is 0.352 e. The minimum absolute atomic E-state index is 0.0545. The van der Waals surface area contributed by atoms with Crippen molar-refractivity contribution in [2.45, 2.75) is 71.5 Å². The van der Waals surface area contributed by atoms with Gasteiger partial charge in [-0.3, -0.25) is 13.9 Å². The summed E-state index contributed by atoms with van der Waals surface area (Å²) in [6.45, 7) is 11.0. The Morgan fingerprint density at radius 3 is 2.13 bits per heavy atom. The van der Waals surface area contributed by atoms with E-state index in [4.69, 9.17) is 0 Å². The zero-order chi connectivity index (χ0) is 28.7. The predicted molar refractivity (Wildman–Crippen MR) is 156 cm³/mol. The lowest BCUT2D eigenvalue weighted by atomic mass is 10.1. The molecule has 0 fully saturated rings. The van der Waals surface area contributed by atoms with E-state index in [1.165, 1.54) is 17.0 Å². The molecule has 0 aliphatic carbocycles. The minimum Gasteiger partial charge on any atom is -0.352 e. The zero-order valence-electron chi connectivity index (χ0n) is 23.6. The summed E-state index contributed by atoms with van der Waals surface area (Å²) in [5, 5.41) is 2.95. The van der Waals surface area contributed by atoms with Crippen LogP contribution in [0.15, 0.2) is 77.7 Å². The SMILES string of the molecule is CC[C@@H](C)NC(=O)[C@H](C)N(Cc1ccc(C)cc1)C(=O)CN(c1cccc(C)c1C)S(=O)(=O)c1ccccc1. The number of anilines is 1. The molecule has 2 atom stereocenters. The van der Waals surface area contributed by atoms with Gasteiger partial charge in [-0.2, -0.15) is 0 Å². The number of benzene rings is 3. The molecule has 0 heterocycles. The highest BCUT2D eigenvalue weighted by Crippen LogP contribution is 2.29. The lowest BCUT2D eigenvalue weighted by Crippen LogP contribution is -2.52. The van der Waals surface area contributed by atoms with Crippen LogP contribution in [-0.2, 0) is 26.2 Å². The third kappa shape index (κ3) is 7.26. The first kappa shape index (κ1) is 29.9. The Kier molecular flexibility index (Phi) is 9.92.